The van der Waals surface area contributed by atoms with Gasteiger partial charge in [-0.2, -0.15) is 0 Å². The van der Waals surface area contributed by atoms with Crippen LogP contribution in [0.5, 0.6) is 11.5 Å². The average Bonchev–Trinajstić information content (AvgIpc) is 2.03. The summed E-state index contributed by atoms with van der Waals surface area (Å²) in [6.45, 7) is 0. The first-order chi connectivity index (χ1) is 5.66. The molecule has 1 aromatic rings. The fourth-order valence-corrected chi connectivity index (χ4v) is 0.968. The maximum Gasteiger partial charge on any atom is 0.492 e. The summed E-state index contributed by atoms with van der Waals surface area (Å²) in [5.41, 5.74) is 0.150. The molecule has 0 radical (unpaired) electrons. The Morgan fingerprint density at radius 3 is 2.42 bits per heavy atom. The molecule has 12 heavy (non-hydrogen) atoms. The van der Waals surface area contributed by atoms with Gasteiger partial charge in [-0.25, -0.2) is 0 Å². The third kappa shape index (κ3) is 1.52. The summed E-state index contributed by atoms with van der Waals surface area (Å²) < 4.78 is 4.77. The van der Waals surface area contributed by atoms with E-state index in [2.05, 4.69) is 0 Å². The first-order valence-corrected chi connectivity index (χ1v) is 3.39. The lowest BCUT2D eigenvalue weighted by Crippen LogP contribution is -2.30. The van der Waals surface area contributed by atoms with Gasteiger partial charge in [-0.1, -0.05) is 12.1 Å². The van der Waals surface area contributed by atoms with E-state index in [4.69, 9.17) is 14.8 Å². The van der Waals surface area contributed by atoms with Gasteiger partial charge < -0.3 is 19.9 Å². The molecule has 0 spiro atoms. The number of ether oxygens (including phenoxy) is 1. The monoisotopic (exact) mass is 168 g/mol. The summed E-state index contributed by atoms with van der Waals surface area (Å²) in [6, 6.07) is 4.38. The molecule has 0 amide bonds. The number of rotatable bonds is 2. The number of para-hydroxylation sites is 1. The smallest absolute Gasteiger partial charge is 0.492 e. The molecule has 0 bridgehead atoms. The number of hydrogen-bond acceptors (Lipinski definition) is 4. The second-order valence-electron chi connectivity index (χ2n) is 2.27. The molecule has 0 saturated heterocycles. The zero-order chi connectivity index (χ0) is 9.14. The molecule has 0 aliphatic heterocycles. The second kappa shape index (κ2) is 3.47. The van der Waals surface area contributed by atoms with E-state index < -0.39 is 7.12 Å². The average molecular weight is 168 g/mol. The topological polar surface area (TPSA) is 69.9 Å². The molecule has 0 fully saturated rings. The van der Waals surface area contributed by atoms with Crippen LogP contribution in [0.25, 0.3) is 0 Å². The van der Waals surface area contributed by atoms with Crippen molar-refractivity contribution in [2.45, 2.75) is 0 Å². The Labute approximate surface area is 70.2 Å². The largest absolute Gasteiger partial charge is 0.504 e. The maximum absolute atomic E-state index is 9.19. The van der Waals surface area contributed by atoms with Crippen molar-refractivity contribution in [1.82, 2.24) is 0 Å². The van der Waals surface area contributed by atoms with Crippen molar-refractivity contribution in [2.24, 2.45) is 0 Å². The summed E-state index contributed by atoms with van der Waals surface area (Å²) >= 11 is 0. The van der Waals surface area contributed by atoms with Gasteiger partial charge in [-0.15, -0.1) is 0 Å². The van der Waals surface area contributed by atoms with Gasteiger partial charge >= 0.3 is 7.12 Å². The van der Waals surface area contributed by atoms with E-state index in [1.807, 2.05) is 0 Å². The minimum atomic E-state index is -1.63. The van der Waals surface area contributed by atoms with Crippen LogP contribution in [0.4, 0.5) is 0 Å². The van der Waals surface area contributed by atoms with Gasteiger partial charge in [0.15, 0.2) is 11.5 Å². The van der Waals surface area contributed by atoms with Crippen LogP contribution in [0.3, 0.4) is 0 Å². The highest BCUT2D eigenvalue weighted by Crippen LogP contribution is 2.21. The molecule has 3 N–H and O–H groups in total. The SMILES string of the molecule is COc1c(O)cccc1B(O)O. The number of phenols is 1. The van der Waals surface area contributed by atoms with Gasteiger partial charge in [0, 0.05) is 5.46 Å². The predicted molar refractivity (Wildman–Crippen MR) is 44.5 cm³/mol. The minimum Gasteiger partial charge on any atom is -0.504 e. The second-order valence-corrected chi connectivity index (χ2v) is 2.27. The standard InChI is InChI=1S/C7H9BO4/c1-12-7-5(8(10)11)3-2-4-6(7)9/h2-4,9-11H,1H3. The van der Waals surface area contributed by atoms with Crippen LogP contribution in [0.15, 0.2) is 18.2 Å². The Balaban J connectivity index is 3.18. The number of aromatic hydroxyl groups is 1. The van der Waals surface area contributed by atoms with Crippen LogP contribution in [0.1, 0.15) is 0 Å². The lowest BCUT2D eigenvalue weighted by atomic mass is 9.79. The molecular weight excluding hydrogens is 159 g/mol. The Morgan fingerprint density at radius 2 is 2.00 bits per heavy atom. The van der Waals surface area contributed by atoms with E-state index >= 15 is 0 Å². The predicted octanol–water partition coefficient (Wildman–Crippen LogP) is -0.919. The number of phenolic OH excluding ortho intramolecular Hbond substituents is 1. The molecule has 1 rings (SSSR count). The normalized spacial score (nSPS) is 9.58. The Hall–Kier alpha value is -1.20. The van der Waals surface area contributed by atoms with E-state index in [1.165, 1.54) is 25.3 Å². The lowest BCUT2D eigenvalue weighted by molar-refractivity contribution is 0.371. The van der Waals surface area contributed by atoms with E-state index in [-0.39, 0.29) is 17.0 Å². The maximum atomic E-state index is 9.19. The van der Waals surface area contributed by atoms with Crippen molar-refractivity contribution in [3.8, 4) is 11.5 Å². The zero-order valence-electron chi connectivity index (χ0n) is 6.56. The molecule has 64 valence electrons. The minimum absolute atomic E-state index is 0.0903. The van der Waals surface area contributed by atoms with Gasteiger partial charge in [-0.05, 0) is 6.07 Å². The Morgan fingerprint density at radius 1 is 1.33 bits per heavy atom. The Bertz CT molecular complexity index is 274. The van der Waals surface area contributed by atoms with Gasteiger partial charge in [0.1, 0.15) is 0 Å². The molecular formula is C7H9BO4. The third-order valence-electron chi connectivity index (χ3n) is 1.51. The van der Waals surface area contributed by atoms with Crippen LogP contribution in [0, 0.1) is 0 Å². The zero-order valence-corrected chi connectivity index (χ0v) is 6.56. The molecule has 0 aliphatic rings. The molecule has 0 aliphatic carbocycles. The summed E-state index contributed by atoms with van der Waals surface area (Å²) in [7, 11) is -0.284. The summed E-state index contributed by atoms with van der Waals surface area (Å²) in [6.07, 6.45) is 0. The number of benzene rings is 1. The quantitative estimate of drug-likeness (QED) is 0.499. The highest BCUT2D eigenvalue weighted by molar-refractivity contribution is 6.59. The fraction of sp³-hybridized carbons (Fsp3) is 0.143. The molecule has 0 heterocycles. The molecule has 0 saturated carbocycles. The van der Waals surface area contributed by atoms with Crippen LogP contribution in [-0.4, -0.2) is 29.4 Å². The fourth-order valence-electron chi connectivity index (χ4n) is 0.968. The van der Waals surface area contributed by atoms with Crippen LogP contribution >= 0.6 is 0 Å². The van der Waals surface area contributed by atoms with Gasteiger partial charge in [0.2, 0.25) is 0 Å². The third-order valence-corrected chi connectivity index (χ3v) is 1.51. The number of methoxy groups -OCH3 is 1. The van der Waals surface area contributed by atoms with E-state index in [0.717, 1.165) is 0 Å². The summed E-state index contributed by atoms with van der Waals surface area (Å²) in [5.74, 6) is -0.0180. The Kier molecular flexibility index (Phi) is 2.57. The molecule has 0 aromatic heterocycles. The highest BCUT2D eigenvalue weighted by Gasteiger charge is 2.18. The molecule has 5 heteroatoms. The van der Waals surface area contributed by atoms with Gasteiger partial charge in [-0.3, -0.25) is 0 Å². The van der Waals surface area contributed by atoms with Crippen molar-refractivity contribution in [3.05, 3.63) is 18.2 Å². The van der Waals surface area contributed by atoms with Crippen LogP contribution < -0.4 is 10.2 Å². The summed E-state index contributed by atoms with van der Waals surface area (Å²) in [4.78, 5) is 0. The van der Waals surface area contributed by atoms with Crippen LogP contribution in [-0.2, 0) is 0 Å². The van der Waals surface area contributed by atoms with Crippen molar-refractivity contribution in [3.63, 3.8) is 0 Å². The summed E-state index contributed by atoms with van der Waals surface area (Å²) in [5, 5.41) is 26.8. The highest BCUT2D eigenvalue weighted by atomic mass is 16.5. The van der Waals surface area contributed by atoms with E-state index in [1.54, 1.807) is 0 Å². The van der Waals surface area contributed by atoms with Crippen molar-refractivity contribution in [1.29, 1.82) is 0 Å². The lowest BCUT2D eigenvalue weighted by Gasteiger charge is -2.08. The van der Waals surface area contributed by atoms with Crippen LogP contribution in [0.2, 0.25) is 0 Å². The molecule has 4 nitrogen and oxygen atoms in total. The number of hydrogen-bond donors (Lipinski definition) is 3. The first kappa shape index (κ1) is 8.90. The van der Waals surface area contributed by atoms with Crippen molar-refractivity contribution >= 4 is 12.6 Å². The van der Waals surface area contributed by atoms with E-state index in [9.17, 15) is 5.11 Å². The van der Waals surface area contributed by atoms with Gasteiger partial charge in [0.25, 0.3) is 0 Å². The molecule has 0 atom stereocenters. The molecule has 1 aromatic carbocycles. The van der Waals surface area contributed by atoms with E-state index in [0.29, 0.717) is 0 Å². The first-order valence-electron chi connectivity index (χ1n) is 3.39. The molecule has 0 unspecified atom stereocenters. The van der Waals surface area contributed by atoms with Gasteiger partial charge in [0.05, 0.1) is 7.11 Å². The van der Waals surface area contributed by atoms with Crippen molar-refractivity contribution in [2.75, 3.05) is 7.11 Å². The van der Waals surface area contributed by atoms with Crippen molar-refractivity contribution < 1.29 is 19.9 Å².